The van der Waals surface area contributed by atoms with Crippen molar-refractivity contribution in [3.8, 4) is 5.75 Å². The Balaban J connectivity index is 0.000000980. The van der Waals surface area contributed by atoms with Crippen LogP contribution in [0.1, 0.15) is 19.4 Å². The molecule has 78 valence electrons. The van der Waals surface area contributed by atoms with Crippen LogP contribution in [0.5, 0.6) is 5.75 Å². The molecule has 0 bridgehead atoms. The van der Waals surface area contributed by atoms with Gasteiger partial charge in [0, 0.05) is 24.7 Å². The molecule has 0 radical (unpaired) electrons. The minimum Gasteiger partial charge on any atom is -0.508 e. The molecule has 1 aliphatic rings. The van der Waals surface area contributed by atoms with Crippen LogP contribution in [0.25, 0.3) is 0 Å². The van der Waals surface area contributed by atoms with Crippen molar-refractivity contribution in [2.24, 2.45) is 0 Å². The number of likely N-dealkylation sites (N-methyl/N-ethyl adjacent to an activating group) is 1. The fourth-order valence-corrected chi connectivity index (χ4v) is 2.16. The summed E-state index contributed by atoms with van der Waals surface area (Å²) in [5, 5.41) is 9.40. The highest BCUT2D eigenvalue weighted by atomic mass is 79.9. The topological polar surface area (TPSA) is 23.5 Å². The van der Waals surface area contributed by atoms with E-state index in [0.29, 0.717) is 5.75 Å². The Morgan fingerprint density at radius 2 is 2.00 bits per heavy atom. The second kappa shape index (κ2) is 3.46. The fourth-order valence-electron chi connectivity index (χ4n) is 2.16. The van der Waals surface area contributed by atoms with Crippen molar-refractivity contribution in [1.82, 2.24) is 0 Å². The third-order valence-electron chi connectivity index (χ3n) is 2.75. The van der Waals surface area contributed by atoms with Gasteiger partial charge in [-0.1, -0.05) is 13.8 Å². The normalized spacial score (nSPS) is 17.5. The second-order valence-corrected chi connectivity index (χ2v) is 4.44. The summed E-state index contributed by atoms with van der Waals surface area (Å²) < 4.78 is 0. The first kappa shape index (κ1) is 11.4. The van der Waals surface area contributed by atoms with E-state index < -0.39 is 0 Å². The number of phenolic OH excluding ortho intramolecular Hbond substituents is 1. The zero-order valence-electron chi connectivity index (χ0n) is 8.74. The number of halogens is 1. The van der Waals surface area contributed by atoms with Crippen LogP contribution in [0.4, 0.5) is 5.69 Å². The zero-order valence-corrected chi connectivity index (χ0v) is 10.5. The molecule has 1 N–H and O–H groups in total. The third kappa shape index (κ3) is 1.61. The smallest absolute Gasteiger partial charge is 0.116 e. The van der Waals surface area contributed by atoms with E-state index in [0.717, 1.165) is 6.54 Å². The molecule has 0 aromatic heterocycles. The van der Waals surface area contributed by atoms with Crippen molar-refractivity contribution >= 4 is 22.7 Å². The summed E-state index contributed by atoms with van der Waals surface area (Å²) >= 11 is 0. The predicted molar refractivity (Wildman–Crippen MR) is 64.7 cm³/mol. The van der Waals surface area contributed by atoms with Crippen molar-refractivity contribution in [3.63, 3.8) is 0 Å². The average molecular weight is 258 g/mol. The molecule has 0 atom stereocenters. The van der Waals surface area contributed by atoms with Gasteiger partial charge in [0.2, 0.25) is 0 Å². The quantitative estimate of drug-likeness (QED) is 0.773. The summed E-state index contributed by atoms with van der Waals surface area (Å²) in [4.78, 5) is 2.23. The van der Waals surface area contributed by atoms with E-state index >= 15 is 0 Å². The van der Waals surface area contributed by atoms with Gasteiger partial charge in [-0.2, -0.15) is 0 Å². The van der Waals surface area contributed by atoms with Crippen molar-refractivity contribution in [2.45, 2.75) is 19.3 Å². The Morgan fingerprint density at radius 1 is 1.36 bits per heavy atom. The number of fused-ring (bicyclic) bond motifs is 1. The van der Waals surface area contributed by atoms with E-state index in [2.05, 4.69) is 25.8 Å². The first-order valence-electron chi connectivity index (χ1n) is 4.55. The maximum atomic E-state index is 9.40. The molecule has 0 spiro atoms. The van der Waals surface area contributed by atoms with Crippen LogP contribution in [0, 0.1) is 0 Å². The maximum absolute atomic E-state index is 9.40. The van der Waals surface area contributed by atoms with Crippen LogP contribution < -0.4 is 4.90 Å². The molecule has 1 aliphatic heterocycles. The molecule has 1 aromatic carbocycles. The van der Waals surface area contributed by atoms with Gasteiger partial charge in [-0.05, 0) is 23.8 Å². The van der Waals surface area contributed by atoms with Gasteiger partial charge in [-0.3, -0.25) is 0 Å². The van der Waals surface area contributed by atoms with Gasteiger partial charge < -0.3 is 10.0 Å². The summed E-state index contributed by atoms with van der Waals surface area (Å²) in [7, 11) is 2.09. The molecule has 0 unspecified atom stereocenters. The fraction of sp³-hybridized carbons (Fsp3) is 0.455. The Bertz CT molecular complexity index is 349. The molecular formula is C11H16BrNO. The van der Waals surface area contributed by atoms with Crippen LogP contribution >= 0.6 is 17.0 Å². The second-order valence-electron chi connectivity index (χ2n) is 4.44. The highest BCUT2D eigenvalue weighted by molar-refractivity contribution is 8.93. The SMILES string of the molecule is Br.CN1CC(C)(C)c2cc(O)ccc21. The Morgan fingerprint density at radius 3 is 2.64 bits per heavy atom. The minimum absolute atomic E-state index is 0. The Hall–Kier alpha value is -0.700. The lowest BCUT2D eigenvalue weighted by Gasteiger charge is -2.18. The van der Waals surface area contributed by atoms with Crippen LogP contribution in [0.15, 0.2) is 18.2 Å². The molecule has 0 saturated carbocycles. The van der Waals surface area contributed by atoms with E-state index in [1.807, 2.05) is 12.1 Å². The lowest BCUT2D eigenvalue weighted by Crippen LogP contribution is -2.24. The minimum atomic E-state index is 0. The van der Waals surface area contributed by atoms with Crippen molar-refractivity contribution in [2.75, 3.05) is 18.5 Å². The molecule has 14 heavy (non-hydrogen) atoms. The number of phenols is 1. The van der Waals surface area contributed by atoms with E-state index in [1.165, 1.54) is 11.3 Å². The molecular weight excluding hydrogens is 242 g/mol. The van der Waals surface area contributed by atoms with Crippen LogP contribution in [-0.2, 0) is 5.41 Å². The number of nitrogens with zero attached hydrogens (tertiary/aromatic N) is 1. The number of benzene rings is 1. The lowest BCUT2D eigenvalue weighted by atomic mass is 9.87. The van der Waals surface area contributed by atoms with Crippen molar-refractivity contribution in [3.05, 3.63) is 23.8 Å². The van der Waals surface area contributed by atoms with E-state index in [9.17, 15) is 5.11 Å². The van der Waals surface area contributed by atoms with Gasteiger partial charge in [0.15, 0.2) is 0 Å². The first-order valence-corrected chi connectivity index (χ1v) is 4.55. The number of hydrogen-bond acceptors (Lipinski definition) is 2. The van der Waals surface area contributed by atoms with Crippen LogP contribution in [0.2, 0.25) is 0 Å². The van der Waals surface area contributed by atoms with Gasteiger partial charge in [0.1, 0.15) is 5.75 Å². The number of aromatic hydroxyl groups is 1. The standard InChI is InChI=1S/C11H15NO.BrH/c1-11(2)7-12(3)10-5-4-8(13)6-9(10)11;/h4-6,13H,7H2,1-3H3;1H. The molecule has 1 aromatic rings. The molecule has 0 saturated heterocycles. The van der Waals surface area contributed by atoms with Gasteiger partial charge in [0.25, 0.3) is 0 Å². The summed E-state index contributed by atoms with van der Waals surface area (Å²) in [6.45, 7) is 5.43. The molecule has 3 heteroatoms. The van der Waals surface area contributed by atoms with Gasteiger partial charge >= 0.3 is 0 Å². The summed E-state index contributed by atoms with van der Waals surface area (Å²) in [6, 6.07) is 5.61. The lowest BCUT2D eigenvalue weighted by molar-refractivity contribution is 0.472. The van der Waals surface area contributed by atoms with E-state index in [1.54, 1.807) is 6.07 Å². The summed E-state index contributed by atoms with van der Waals surface area (Å²) in [6.07, 6.45) is 0. The van der Waals surface area contributed by atoms with Gasteiger partial charge in [-0.25, -0.2) is 0 Å². The monoisotopic (exact) mass is 257 g/mol. The molecule has 0 fully saturated rings. The van der Waals surface area contributed by atoms with E-state index in [4.69, 9.17) is 0 Å². The van der Waals surface area contributed by atoms with Crippen LogP contribution in [-0.4, -0.2) is 18.7 Å². The van der Waals surface area contributed by atoms with E-state index in [-0.39, 0.29) is 22.4 Å². The largest absolute Gasteiger partial charge is 0.508 e. The van der Waals surface area contributed by atoms with Gasteiger partial charge in [0.05, 0.1) is 0 Å². The highest BCUT2D eigenvalue weighted by Gasteiger charge is 2.33. The molecule has 2 nitrogen and oxygen atoms in total. The zero-order chi connectivity index (χ0) is 9.64. The Kier molecular flexibility index (Phi) is 2.81. The molecule has 1 heterocycles. The maximum Gasteiger partial charge on any atom is 0.116 e. The molecule has 0 aliphatic carbocycles. The number of rotatable bonds is 0. The summed E-state index contributed by atoms with van der Waals surface area (Å²) in [5.41, 5.74) is 2.64. The Labute approximate surface area is 95.3 Å². The number of hydrogen-bond donors (Lipinski definition) is 1. The molecule has 0 amide bonds. The summed E-state index contributed by atoms with van der Waals surface area (Å²) in [5.74, 6) is 0.363. The predicted octanol–water partition coefficient (Wildman–Crippen LogP) is 2.70. The third-order valence-corrected chi connectivity index (χ3v) is 2.75. The average Bonchev–Trinajstić information content (AvgIpc) is 2.23. The van der Waals surface area contributed by atoms with Crippen LogP contribution in [0.3, 0.4) is 0 Å². The number of anilines is 1. The van der Waals surface area contributed by atoms with Gasteiger partial charge in [-0.15, -0.1) is 17.0 Å². The van der Waals surface area contributed by atoms with Crippen molar-refractivity contribution in [1.29, 1.82) is 0 Å². The first-order chi connectivity index (χ1) is 6.00. The highest BCUT2D eigenvalue weighted by Crippen LogP contribution is 2.40. The molecule has 2 rings (SSSR count). The van der Waals surface area contributed by atoms with Crippen molar-refractivity contribution < 1.29 is 5.11 Å².